The van der Waals surface area contributed by atoms with E-state index in [0.29, 0.717) is 5.56 Å². The molecule has 2 N–H and O–H groups in total. The van der Waals surface area contributed by atoms with Crippen molar-refractivity contribution in [2.45, 2.75) is 13.0 Å². The van der Waals surface area contributed by atoms with E-state index in [1.165, 1.54) is 18.2 Å². The van der Waals surface area contributed by atoms with Crippen molar-refractivity contribution in [3.05, 3.63) is 29.6 Å². The highest BCUT2D eigenvalue weighted by molar-refractivity contribution is 5.35. The van der Waals surface area contributed by atoms with Crippen molar-refractivity contribution in [1.82, 2.24) is 0 Å². The van der Waals surface area contributed by atoms with Crippen molar-refractivity contribution in [2.24, 2.45) is 0 Å². The molecule has 0 aliphatic heterocycles. The van der Waals surface area contributed by atoms with Gasteiger partial charge in [-0.3, -0.25) is 0 Å². The lowest BCUT2D eigenvalue weighted by Crippen LogP contribution is -2.05. The first-order valence-corrected chi connectivity index (χ1v) is 4.36. The molecular weight excluding hydrogens is 187 g/mol. The fourth-order valence-electron chi connectivity index (χ4n) is 1.13. The van der Waals surface area contributed by atoms with E-state index in [4.69, 9.17) is 9.84 Å². The molecule has 78 valence electrons. The highest BCUT2D eigenvalue weighted by Gasteiger charge is 2.09. The summed E-state index contributed by atoms with van der Waals surface area (Å²) in [4.78, 5) is 0. The zero-order valence-corrected chi connectivity index (χ0v) is 7.90. The van der Waals surface area contributed by atoms with E-state index < -0.39 is 11.9 Å². The first kappa shape index (κ1) is 10.9. The van der Waals surface area contributed by atoms with Crippen LogP contribution in [-0.4, -0.2) is 23.4 Å². The van der Waals surface area contributed by atoms with Crippen LogP contribution in [0.1, 0.15) is 18.6 Å². The summed E-state index contributed by atoms with van der Waals surface area (Å²) >= 11 is 0. The van der Waals surface area contributed by atoms with Gasteiger partial charge < -0.3 is 14.9 Å². The molecule has 0 aliphatic rings. The third kappa shape index (κ3) is 2.68. The van der Waals surface area contributed by atoms with Crippen LogP contribution in [0, 0.1) is 5.82 Å². The van der Waals surface area contributed by atoms with Crippen LogP contribution in [-0.2, 0) is 0 Å². The van der Waals surface area contributed by atoms with E-state index in [2.05, 4.69) is 0 Å². The van der Waals surface area contributed by atoms with Gasteiger partial charge in [0.05, 0.1) is 12.7 Å². The van der Waals surface area contributed by atoms with Gasteiger partial charge in [-0.1, -0.05) is 0 Å². The lowest BCUT2D eigenvalue weighted by molar-refractivity contribution is 0.176. The third-order valence-electron chi connectivity index (χ3n) is 1.77. The van der Waals surface area contributed by atoms with Crippen LogP contribution in [0.15, 0.2) is 18.2 Å². The third-order valence-corrected chi connectivity index (χ3v) is 1.77. The summed E-state index contributed by atoms with van der Waals surface area (Å²) in [5, 5.41) is 17.9. The minimum Gasteiger partial charge on any atom is -0.491 e. The molecule has 0 amide bonds. The molecule has 1 aromatic carbocycles. The molecule has 0 saturated heterocycles. The van der Waals surface area contributed by atoms with E-state index in [-0.39, 0.29) is 19.0 Å². The van der Waals surface area contributed by atoms with Crippen molar-refractivity contribution in [3.8, 4) is 5.75 Å². The molecule has 0 spiro atoms. The molecule has 1 aromatic rings. The van der Waals surface area contributed by atoms with Crippen molar-refractivity contribution in [2.75, 3.05) is 13.2 Å². The average Bonchev–Trinajstić information content (AvgIpc) is 2.14. The van der Waals surface area contributed by atoms with Crippen molar-refractivity contribution in [1.29, 1.82) is 0 Å². The van der Waals surface area contributed by atoms with Gasteiger partial charge in [-0.05, 0) is 19.1 Å². The van der Waals surface area contributed by atoms with Crippen molar-refractivity contribution in [3.63, 3.8) is 0 Å². The minimum absolute atomic E-state index is 0.0865. The van der Waals surface area contributed by atoms with E-state index >= 15 is 0 Å². The lowest BCUT2D eigenvalue weighted by Gasteiger charge is -2.12. The van der Waals surface area contributed by atoms with Gasteiger partial charge in [0.1, 0.15) is 18.2 Å². The number of halogens is 1. The van der Waals surface area contributed by atoms with Crippen LogP contribution >= 0.6 is 0 Å². The second-order valence-corrected chi connectivity index (χ2v) is 2.93. The smallest absolute Gasteiger partial charge is 0.128 e. The molecule has 0 fully saturated rings. The Bertz CT molecular complexity index is 299. The Kier molecular flexibility index (Phi) is 3.85. The highest BCUT2D eigenvalue weighted by atomic mass is 19.1. The van der Waals surface area contributed by atoms with Gasteiger partial charge in [0.25, 0.3) is 0 Å². The van der Waals surface area contributed by atoms with Gasteiger partial charge in [0, 0.05) is 11.6 Å². The van der Waals surface area contributed by atoms with Crippen LogP contribution in [0.3, 0.4) is 0 Å². The zero-order chi connectivity index (χ0) is 10.6. The molecular formula is C10H13FO3. The fourth-order valence-corrected chi connectivity index (χ4v) is 1.13. The molecule has 4 heteroatoms. The molecule has 1 rings (SSSR count). The summed E-state index contributed by atoms with van der Waals surface area (Å²) in [6, 6.07) is 3.91. The number of aliphatic hydroxyl groups excluding tert-OH is 2. The van der Waals surface area contributed by atoms with Crippen LogP contribution in [0.5, 0.6) is 5.75 Å². The van der Waals surface area contributed by atoms with Crippen molar-refractivity contribution < 1.29 is 19.3 Å². The highest BCUT2D eigenvalue weighted by Crippen LogP contribution is 2.25. The average molecular weight is 200 g/mol. The standard InChI is InChI=1S/C10H13FO3/c1-7(13)9-3-2-8(11)6-10(9)14-5-4-12/h2-3,6-7,12-13H,4-5H2,1H3/t7-/m1/s1. The fraction of sp³-hybridized carbons (Fsp3) is 0.400. The normalized spacial score (nSPS) is 12.6. The molecule has 0 bridgehead atoms. The lowest BCUT2D eigenvalue weighted by atomic mass is 10.1. The Balaban J connectivity index is 2.91. The molecule has 0 aromatic heterocycles. The summed E-state index contributed by atoms with van der Waals surface area (Å²) in [6.45, 7) is 1.51. The van der Waals surface area contributed by atoms with Gasteiger partial charge in [-0.15, -0.1) is 0 Å². The van der Waals surface area contributed by atoms with Gasteiger partial charge in [0.15, 0.2) is 0 Å². The molecule has 3 nitrogen and oxygen atoms in total. The maximum Gasteiger partial charge on any atom is 0.128 e. The Hall–Kier alpha value is -1.13. The van der Waals surface area contributed by atoms with Crippen LogP contribution < -0.4 is 4.74 Å². The second-order valence-electron chi connectivity index (χ2n) is 2.93. The zero-order valence-electron chi connectivity index (χ0n) is 7.90. The maximum absolute atomic E-state index is 12.8. The van der Waals surface area contributed by atoms with Crippen LogP contribution in [0.25, 0.3) is 0 Å². The molecule has 1 atom stereocenters. The number of hydrogen-bond donors (Lipinski definition) is 2. The molecule has 14 heavy (non-hydrogen) atoms. The van der Waals surface area contributed by atoms with E-state index in [1.807, 2.05) is 0 Å². The number of rotatable bonds is 4. The first-order chi connectivity index (χ1) is 6.65. The van der Waals surface area contributed by atoms with Gasteiger partial charge >= 0.3 is 0 Å². The van der Waals surface area contributed by atoms with Gasteiger partial charge in [0.2, 0.25) is 0 Å². The molecule has 0 radical (unpaired) electrons. The summed E-state index contributed by atoms with van der Waals surface area (Å²) < 4.78 is 17.9. The van der Waals surface area contributed by atoms with Crippen molar-refractivity contribution >= 4 is 0 Å². The topological polar surface area (TPSA) is 49.7 Å². The minimum atomic E-state index is -0.718. The number of aliphatic hydroxyl groups is 2. The molecule has 0 saturated carbocycles. The molecule has 0 unspecified atom stereocenters. The number of hydrogen-bond acceptors (Lipinski definition) is 3. The van der Waals surface area contributed by atoms with E-state index in [0.717, 1.165) is 0 Å². The molecule has 0 heterocycles. The Morgan fingerprint density at radius 1 is 1.50 bits per heavy atom. The summed E-state index contributed by atoms with van der Waals surface area (Å²) in [5.41, 5.74) is 0.514. The SMILES string of the molecule is C[C@@H](O)c1ccc(F)cc1OCCO. The van der Waals surface area contributed by atoms with Crippen LogP contribution in [0.2, 0.25) is 0 Å². The maximum atomic E-state index is 12.8. The Morgan fingerprint density at radius 3 is 2.79 bits per heavy atom. The van der Waals surface area contributed by atoms with E-state index in [1.54, 1.807) is 6.92 Å². The van der Waals surface area contributed by atoms with E-state index in [9.17, 15) is 9.50 Å². The Morgan fingerprint density at radius 2 is 2.21 bits per heavy atom. The summed E-state index contributed by atoms with van der Waals surface area (Å²) in [6.07, 6.45) is -0.718. The quantitative estimate of drug-likeness (QED) is 0.769. The monoisotopic (exact) mass is 200 g/mol. The number of benzene rings is 1. The summed E-state index contributed by atoms with van der Waals surface area (Å²) in [5.74, 6) is -0.156. The predicted molar refractivity (Wildman–Crippen MR) is 49.6 cm³/mol. The Labute approximate surface area is 81.8 Å². The largest absolute Gasteiger partial charge is 0.491 e. The predicted octanol–water partition coefficient (Wildman–Crippen LogP) is 1.25. The second kappa shape index (κ2) is 4.93. The first-order valence-electron chi connectivity index (χ1n) is 4.36. The molecule has 0 aliphatic carbocycles. The van der Waals surface area contributed by atoms with Gasteiger partial charge in [-0.25, -0.2) is 4.39 Å². The van der Waals surface area contributed by atoms with Gasteiger partial charge in [-0.2, -0.15) is 0 Å². The number of ether oxygens (including phenoxy) is 1. The summed E-state index contributed by atoms with van der Waals surface area (Å²) in [7, 11) is 0. The van der Waals surface area contributed by atoms with Crippen LogP contribution in [0.4, 0.5) is 4.39 Å².